The Morgan fingerprint density at radius 2 is 1.60 bits per heavy atom. The molecule has 3 aromatic rings. The maximum atomic E-state index is 6.11. The first-order chi connectivity index (χ1) is 12.0. The molecule has 0 aliphatic carbocycles. The van der Waals surface area contributed by atoms with E-state index < -0.39 is 0 Å². The Hall–Kier alpha value is -2.81. The number of anilines is 1. The van der Waals surface area contributed by atoms with Gasteiger partial charge in [0.25, 0.3) is 0 Å². The van der Waals surface area contributed by atoms with Gasteiger partial charge in [-0.05, 0) is 41.3 Å². The van der Waals surface area contributed by atoms with E-state index in [1.807, 2.05) is 48.5 Å². The zero-order chi connectivity index (χ0) is 17.7. The highest BCUT2D eigenvalue weighted by Gasteiger charge is 2.13. The highest BCUT2D eigenvalue weighted by Crippen LogP contribution is 2.29. The van der Waals surface area contributed by atoms with Gasteiger partial charge < -0.3 is 10.1 Å². The van der Waals surface area contributed by atoms with Crippen molar-refractivity contribution in [2.75, 3.05) is 5.32 Å². The number of nitrogens with one attached hydrogen (secondary N) is 1. The van der Waals surface area contributed by atoms with Crippen LogP contribution >= 0.6 is 0 Å². The van der Waals surface area contributed by atoms with E-state index in [0.29, 0.717) is 6.54 Å². The Kier molecular flexibility index (Phi) is 5.03. The standard InChI is InChI=1S/C22H24N2O/c1-22(2,3)18-11-13-19(14-12-18)25-20-9-5-4-8-17(20)16-24-21-10-6-7-15-23-21/h4-15H,16H2,1-3H3,(H,23,24). The zero-order valence-corrected chi connectivity index (χ0v) is 15.0. The summed E-state index contributed by atoms with van der Waals surface area (Å²) in [6, 6.07) is 22.2. The van der Waals surface area contributed by atoms with Gasteiger partial charge in [-0.3, -0.25) is 0 Å². The minimum absolute atomic E-state index is 0.142. The van der Waals surface area contributed by atoms with Crippen LogP contribution in [0.15, 0.2) is 72.9 Å². The molecular weight excluding hydrogens is 308 g/mol. The van der Waals surface area contributed by atoms with Gasteiger partial charge in [0.1, 0.15) is 17.3 Å². The molecule has 0 spiro atoms. The number of rotatable bonds is 5. The predicted molar refractivity (Wildman–Crippen MR) is 103 cm³/mol. The Bertz CT molecular complexity index is 805. The Labute approximate surface area is 149 Å². The quantitative estimate of drug-likeness (QED) is 0.642. The van der Waals surface area contributed by atoms with Crippen molar-refractivity contribution >= 4 is 5.82 Å². The summed E-state index contributed by atoms with van der Waals surface area (Å²) in [4.78, 5) is 4.29. The van der Waals surface area contributed by atoms with Crippen molar-refractivity contribution in [2.45, 2.75) is 32.7 Å². The maximum absolute atomic E-state index is 6.11. The van der Waals surface area contributed by atoms with Crippen LogP contribution < -0.4 is 10.1 Å². The highest BCUT2D eigenvalue weighted by atomic mass is 16.5. The van der Waals surface area contributed by atoms with E-state index in [1.54, 1.807) is 6.20 Å². The third kappa shape index (κ3) is 4.60. The van der Waals surface area contributed by atoms with E-state index in [-0.39, 0.29) is 5.41 Å². The van der Waals surface area contributed by atoms with Crippen LogP contribution in [-0.4, -0.2) is 4.98 Å². The molecule has 3 nitrogen and oxygen atoms in total. The van der Waals surface area contributed by atoms with Gasteiger partial charge in [-0.25, -0.2) is 4.98 Å². The lowest BCUT2D eigenvalue weighted by molar-refractivity contribution is 0.476. The summed E-state index contributed by atoms with van der Waals surface area (Å²) >= 11 is 0. The van der Waals surface area contributed by atoms with Gasteiger partial charge in [0, 0.05) is 18.3 Å². The number of nitrogens with zero attached hydrogens (tertiary/aromatic N) is 1. The van der Waals surface area contributed by atoms with Crippen LogP contribution in [0.2, 0.25) is 0 Å². The minimum Gasteiger partial charge on any atom is -0.457 e. The van der Waals surface area contributed by atoms with Gasteiger partial charge in [-0.2, -0.15) is 0 Å². The fraction of sp³-hybridized carbons (Fsp3) is 0.227. The van der Waals surface area contributed by atoms with Crippen LogP contribution in [0.5, 0.6) is 11.5 Å². The summed E-state index contributed by atoms with van der Waals surface area (Å²) < 4.78 is 6.11. The Morgan fingerprint density at radius 1 is 0.880 bits per heavy atom. The van der Waals surface area contributed by atoms with E-state index >= 15 is 0 Å². The summed E-state index contributed by atoms with van der Waals surface area (Å²) in [5.41, 5.74) is 2.53. The number of pyridine rings is 1. The van der Waals surface area contributed by atoms with Crippen molar-refractivity contribution in [3.05, 3.63) is 84.1 Å². The third-order valence-corrected chi connectivity index (χ3v) is 4.05. The molecule has 1 aromatic heterocycles. The number of hydrogen-bond donors (Lipinski definition) is 1. The molecule has 128 valence electrons. The smallest absolute Gasteiger partial charge is 0.132 e. The summed E-state index contributed by atoms with van der Waals surface area (Å²) in [5.74, 6) is 2.56. The molecule has 0 saturated heterocycles. The molecule has 3 rings (SSSR count). The minimum atomic E-state index is 0.142. The number of benzene rings is 2. The van der Waals surface area contributed by atoms with Gasteiger partial charge >= 0.3 is 0 Å². The van der Waals surface area contributed by atoms with Gasteiger partial charge in [0.15, 0.2) is 0 Å². The number of para-hydroxylation sites is 1. The fourth-order valence-corrected chi connectivity index (χ4v) is 2.55. The van der Waals surface area contributed by atoms with Gasteiger partial charge in [-0.15, -0.1) is 0 Å². The zero-order valence-electron chi connectivity index (χ0n) is 15.0. The van der Waals surface area contributed by atoms with Crippen molar-refractivity contribution < 1.29 is 4.74 Å². The highest BCUT2D eigenvalue weighted by molar-refractivity contribution is 5.42. The van der Waals surface area contributed by atoms with Gasteiger partial charge in [-0.1, -0.05) is 57.2 Å². The second kappa shape index (κ2) is 7.39. The van der Waals surface area contributed by atoms with Crippen LogP contribution in [0, 0.1) is 0 Å². The van der Waals surface area contributed by atoms with E-state index in [0.717, 1.165) is 22.9 Å². The third-order valence-electron chi connectivity index (χ3n) is 4.05. The van der Waals surface area contributed by atoms with E-state index in [1.165, 1.54) is 5.56 Å². The Balaban J connectivity index is 1.72. The molecule has 25 heavy (non-hydrogen) atoms. The normalized spacial score (nSPS) is 11.2. The van der Waals surface area contributed by atoms with Crippen molar-refractivity contribution in [2.24, 2.45) is 0 Å². The fourth-order valence-electron chi connectivity index (χ4n) is 2.55. The molecule has 3 heteroatoms. The first-order valence-electron chi connectivity index (χ1n) is 8.53. The number of ether oxygens (including phenoxy) is 1. The molecular formula is C22H24N2O. The first-order valence-corrected chi connectivity index (χ1v) is 8.53. The van der Waals surface area contributed by atoms with Crippen molar-refractivity contribution in [1.29, 1.82) is 0 Å². The number of aromatic nitrogens is 1. The summed E-state index contributed by atoms with van der Waals surface area (Å²) in [6.07, 6.45) is 1.78. The van der Waals surface area contributed by atoms with Crippen LogP contribution in [0.3, 0.4) is 0 Å². The molecule has 0 unspecified atom stereocenters. The summed E-state index contributed by atoms with van der Waals surface area (Å²) in [7, 11) is 0. The second-order valence-electron chi connectivity index (χ2n) is 7.05. The molecule has 0 saturated carbocycles. The topological polar surface area (TPSA) is 34.1 Å². The maximum Gasteiger partial charge on any atom is 0.132 e. The molecule has 0 fully saturated rings. The lowest BCUT2D eigenvalue weighted by atomic mass is 9.87. The lowest BCUT2D eigenvalue weighted by Gasteiger charge is -2.19. The van der Waals surface area contributed by atoms with Crippen molar-refractivity contribution in [1.82, 2.24) is 4.98 Å². The van der Waals surface area contributed by atoms with E-state index in [2.05, 4.69) is 49.3 Å². The van der Waals surface area contributed by atoms with E-state index in [9.17, 15) is 0 Å². The molecule has 0 atom stereocenters. The average molecular weight is 332 g/mol. The number of hydrogen-bond acceptors (Lipinski definition) is 3. The Morgan fingerprint density at radius 3 is 2.28 bits per heavy atom. The molecule has 0 aliphatic heterocycles. The molecule has 2 aromatic carbocycles. The van der Waals surface area contributed by atoms with Crippen LogP contribution in [0.4, 0.5) is 5.82 Å². The van der Waals surface area contributed by atoms with Gasteiger partial charge in [0.05, 0.1) is 0 Å². The van der Waals surface area contributed by atoms with Crippen molar-refractivity contribution in [3.8, 4) is 11.5 Å². The molecule has 0 bridgehead atoms. The van der Waals surface area contributed by atoms with Gasteiger partial charge in [0.2, 0.25) is 0 Å². The predicted octanol–water partition coefficient (Wildman–Crippen LogP) is 5.78. The lowest BCUT2D eigenvalue weighted by Crippen LogP contribution is -2.10. The van der Waals surface area contributed by atoms with Crippen LogP contribution in [-0.2, 0) is 12.0 Å². The first kappa shape index (κ1) is 17.0. The second-order valence-corrected chi connectivity index (χ2v) is 7.05. The summed E-state index contributed by atoms with van der Waals surface area (Å²) in [5, 5.41) is 3.33. The van der Waals surface area contributed by atoms with Crippen molar-refractivity contribution in [3.63, 3.8) is 0 Å². The molecule has 0 radical (unpaired) electrons. The molecule has 0 aliphatic rings. The SMILES string of the molecule is CC(C)(C)c1ccc(Oc2ccccc2CNc2ccccn2)cc1. The van der Waals surface area contributed by atoms with Crippen LogP contribution in [0.25, 0.3) is 0 Å². The van der Waals surface area contributed by atoms with Crippen LogP contribution in [0.1, 0.15) is 31.9 Å². The molecule has 1 N–H and O–H groups in total. The monoisotopic (exact) mass is 332 g/mol. The molecule has 0 amide bonds. The largest absolute Gasteiger partial charge is 0.457 e. The summed E-state index contributed by atoms with van der Waals surface area (Å²) in [6.45, 7) is 7.29. The average Bonchev–Trinajstić information content (AvgIpc) is 2.62. The van der Waals surface area contributed by atoms with E-state index in [4.69, 9.17) is 4.74 Å². The molecule has 1 heterocycles.